The van der Waals surface area contributed by atoms with Crippen molar-refractivity contribution in [1.29, 1.82) is 0 Å². The SMILES string of the molecule is O=C1C[C@H](C(=O)Nc2c(Cl)cccc2Cl)C2(CCCC2)O1. The molecule has 1 atom stereocenters. The fourth-order valence-corrected chi connectivity index (χ4v) is 3.77. The summed E-state index contributed by atoms with van der Waals surface area (Å²) in [5.41, 5.74) is -0.243. The number of esters is 1. The van der Waals surface area contributed by atoms with E-state index in [-0.39, 0.29) is 18.3 Å². The molecule has 1 aromatic rings. The third-order valence-electron chi connectivity index (χ3n) is 4.30. The van der Waals surface area contributed by atoms with Gasteiger partial charge in [0.2, 0.25) is 5.91 Å². The minimum absolute atomic E-state index is 0.119. The Labute approximate surface area is 132 Å². The molecule has 1 saturated heterocycles. The Hall–Kier alpha value is -1.26. The van der Waals surface area contributed by atoms with Crippen LogP contribution in [-0.2, 0) is 14.3 Å². The minimum Gasteiger partial charge on any atom is -0.458 e. The lowest BCUT2D eigenvalue weighted by Gasteiger charge is -2.28. The van der Waals surface area contributed by atoms with Crippen LogP contribution in [0.3, 0.4) is 0 Å². The molecule has 1 aliphatic carbocycles. The Balaban J connectivity index is 1.83. The number of rotatable bonds is 2. The maximum absolute atomic E-state index is 12.6. The molecule has 0 radical (unpaired) electrons. The minimum atomic E-state index is -0.630. The summed E-state index contributed by atoms with van der Waals surface area (Å²) in [5.74, 6) is -1.03. The van der Waals surface area contributed by atoms with Crippen molar-refractivity contribution in [3.8, 4) is 0 Å². The highest BCUT2D eigenvalue weighted by Gasteiger charge is 2.54. The van der Waals surface area contributed by atoms with Crippen LogP contribution in [0.25, 0.3) is 0 Å². The van der Waals surface area contributed by atoms with E-state index in [9.17, 15) is 9.59 Å². The lowest BCUT2D eigenvalue weighted by Crippen LogP contribution is -2.39. The number of benzene rings is 1. The topological polar surface area (TPSA) is 55.4 Å². The average Bonchev–Trinajstić information content (AvgIpc) is 3.02. The van der Waals surface area contributed by atoms with Crippen LogP contribution in [0.5, 0.6) is 0 Å². The van der Waals surface area contributed by atoms with Gasteiger partial charge in [0.05, 0.1) is 28.1 Å². The molecule has 1 heterocycles. The number of carbonyl (C=O) groups excluding carboxylic acids is 2. The van der Waals surface area contributed by atoms with E-state index < -0.39 is 11.5 Å². The smallest absolute Gasteiger partial charge is 0.307 e. The van der Waals surface area contributed by atoms with Crippen molar-refractivity contribution in [2.45, 2.75) is 37.7 Å². The van der Waals surface area contributed by atoms with Crippen LogP contribution >= 0.6 is 23.2 Å². The highest BCUT2D eigenvalue weighted by molar-refractivity contribution is 6.39. The Bertz CT molecular complexity index is 576. The molecule has 1 aliphatic heterocycles. The molecule has 1 N–H and O–H groups in total. The summed E-state index contributed by atoms with van der Waals surface area (Å²) in [7, 11) is 0. The Morgan fingerprint density at radius 2 is 1.86 bits per heavy atom. The summed E-state index contributed by atoms with van der Waals surface area (Å²) in [5, 5.41) is 3.51. The highest BCUT2D eigenvalue weighted by atomic mass is 35.5. The van der Waals surface area contributed by atoms with Crippen LogP contribution in [0.1, 0.15) is 32.1 Å². The quantitative estimate of drug-likeness (QED) is 0.840. The van der Waals surface area contributed by atoms with Crippen LogP contribution in [-0.4, -0.2) is 17.5 Å². The fraction of sp³-hybridized carbons (Fsp3) is 0.467. The molecule has 0 aromatic heterocycles. The second-order valence-electron chi connectivity index (χ2n) is 5.59. The summed E-state index contributed by atoms with van der Waals surface area (Å²) in [6, 6.07) is 5.02. The second-order valence-corrected chi connectivity index (χ2v) is 6.40. The summed E-state index contributed by atoms with van der Waals surface area (Å²) in [4.78, 5) is 24.2. The van der Waals surface area contributed by atoms with Gasteiger partial charge >= 0.3 is 5.97 Å². The third kappa shape index (κ3) is 2.62. The molecule has 2 fully saturated rings. The van der Waals surface area contributed by atoms with Gasteiger partial charge in [-0.3, -0.25) is 9.59 Å². The first kappa shape index (κ1) is 14.7. The molecule has 2 aliphatic rings. The van der Waals surface area contributed by atoms with Gasteiger partial charge in [0.15, 0.2) is 0 Å². The van der Waals surface area contributed by atoms with E-state index in [0.29, 0.717) is 15.7 Å². The van der Waals surface area contributed by atoms with Crippen LogP contribution in [0.4, 0.5) is 5.69 Å². The summed E-state index contributed by atoms with van der Waals surface area (Å²) >= 11 is 12.1. The van der Waals surface area contributed by atoms with Gasteiger partial charge in [-0.1, -0.05) is 29.3 Å². The molecule has 1 amide bonds. The normalized spacial score (nSPS) is 23.3. The van der Waals surface area contributed by atoms with Gasteiger partial charge in [-0.25, -0.2) is 0 Å². The van der Waals surface area contributed by atoms with E-state index in [2.05, 4.69) is 5.32 Å². The standard InChI is InChI=1S/C15H15Cl2NO3/c16-10-4-3-5-11(17)13(10)18-14(20)9-8-12(19)21-15(9)6-1-2-7-15/h3-5,9H,1-2,6-8H2,(H,18,20)/t9-/m1/s1. The van der Waals surface area contributed by atoms with Crippen molar-refractivity contribution in [3.05, 3.63) is 28.2 Å². The number of hydrogen-bond acceptors (Lipinski definition) is 3. The number of carbonyl (C=O) groups is 2. The first-order valence-corrected chi connectivity index (χ1v) is 7.74. The third-order valence-corrected chi connectivity index (χ3v) is 4.93. The number of ether oxygens (including phenoxy) is 1. The molecule has 112 valence electrons. The van der Waals surface area contributed by atoms with Crippen molar-refractivity contribution < 1.29 is 14.3 Å². The van der Waals surface area contributed by atoms with Crippen molar-refractivity contribution >= 4 is 40.8 Å². The van der Waals surface area contributed by atoms with Crippen LogP contribution < -0.4 is 5.32 Å². The van der Waals surface area contributed by atoms with Crippen molar-refractivity contribution in [1.82, 2.24) is 0 Å². The van der Waals surface area contributed by atoms with Crippen LogP contribution in [0.15, 0.2) is 18.2 Å². The second kappa shape index (κ2) is 5.50. The summed E-state index contributed by atoms with van der Waals surface area (Å²) in [6.07, 6.45) is 3.56. The first-order chi connectivity index (χ1) is 10.0. The van der Waals surface area contributed by atoms with Crippen LogP contribution in [0.2, 0.25) is 10.0 Å². The molecular weight excluding hydrogens is 313 g/mol. The molecule has 1 spiro atoms. The van der Waals surface area contributed by atoms with Gasteiger partial charge in [0.25, 0.3) is 0 Å². The number of halogens is 2. The number of nitrogens with one attached hydrogen (secondary N) is 1. The van der Waals surface area contributed by atoms with Crippen LogP contribution in [0, 0.1) is 5.92 Å². The van der Waals surface area contributed by atoms with Gasteiger partial charge in [0, 0.05) is 0 Å². The molecule has 6 heteroatoms. The van der Waals surface area contributed by atoms with Crippen molar-refractivity contribution in [2.75, 3.05) is 5.32 Å². The largest absolute Gasteiger partial charge is 0.458 e. The maximum Gasteiger partial charge on any atom is 0.307 e. The molecule has 0 unspecified atom stereocenters. The molecular formula is C15H15Cl2NO3. The van der Waals surface area contributed by atoms with E-state index in [1.807, 2.05) is 0 Å². The fourth-order valence-electron chi connectivity index (χ4n) is 3.28. The van der Waals surface area contributed by atoms with E-state index in [0.717, 1.165) is 25.7 Å². The zero-order chi connectivity index (χ0) is 15.0. The zero-order valence-electron chi connectivity index (χ0n) is 11.3. The van der Waals surface area contributed by atoms with Gasteiger partial charge in [-0.2, -0.15) is 0 Å². The lowest BCUT2D eigenvalue weighted by molar-refractivity contribution is -0.149. The lowest BCUT2D eigenvalue weighted by atomic mass is 9.85. The number of hydrogen-bond donors (Lipinski definition) is 1. The summed E-state index contributed by atoms with van der Waals surface area (Å²) in [6.45, 7) is 0. The van der Waals surface area contributed by atoms with Gasteiger partial charge in [-0.05, 0) is 37.8 Å². The molecule has 3 rings (SSSR count). The molecule has 0 bridgehead atoms. The van der Waals surface area contributed by atoms with Gasteiger partial charge < -0.3 is 10.1 Å². The molecule has 4 nitrogen and oxygen atoms in total. The predicted octanol–water partition coefficient (Wildman–Crippen LogP) is 3.81. The molecule has 1 saturated carbocycles. The first-order valence-electron chi connectivity index (χ1n) is 6.98. The highest BCUT2D eigenvalue weighted by Crippen LogP contribution is 2.46. The predicted molar refractivity (Wildman–Crippen MR) is 80.5 cm³/mol. The van der Waals surface area contributed by atoms with Gasteiger partial charge in [-0.15, -0.1) is 0 Å². The molecule has 1 aromatic carbocycles. The number of para-hydroxylation sites is 1. The van der Waals surface area contributed by atoms with Crippen molar-refractivity contribution in [3.63, 3.8) is 0 Å². The molecule has 21 heavy (non-hydrogen) atoms. The van der Waals surface area contributed by atoms with E-state index >= 15 is 0 Å². The summed E-state index contributed by atoms with van der Waals surface area (Å²) < 4.78 is 5.48. The number of amides is 1. The maximum atomic E-state index is 12.6. The van der Waals surface area contributed by atoms with E-state index in [1.165, 1.54) is 0 Å². The monoisotopic (exact) mass is 327 g/mol. The Morgan fingerprint density at radius 1 is 1.24 bits per heavy atom. The average molecular weight is 328 g/mol. The Morgan fingerprint density at radius 3 is 2.48 bits per heavy atom. The zero-order valence-corrected chi connectivity index (χ0v) is 12.8. The number of anilines is 1. The van der Waals surface area contributed by atoms with E-state index in [4.69, 9.17) is 27.9 Å². The Kier molecular flexibility index (Phi) is 3.84. The van der Waals surface area contributed by atoms with Gasteiger partial charge in [0.1, 0.15) is 5.60 Å². The van der Waals surface area contributed by atoms with Crippen molar-refractivity contribution in [2.24, 2.45) is 5.92 Å². The van der Waals surface area contributed by atoms with E-state index in [1.54, 1.807) is 18.2 Å².